The van der Waals surface area contributed by atoms with Crippen molar-refractivity contribution in [3.05, 3.63) is 53.3 Å². The van der Waals surface area contributed by atoms with Crippen LogP contribution in [0.2, 0.25) is 0 Å². The number of hydrogen-bond acceptors (Lipinski definition) is 3. The van der Waals surface area contributed by atoms with Crippen LogP contribution in [0.1, 0.15) is 48.1 Å². The first-order valence-electron chi connectivity index (χ1n) is 8.72. The van der Waals surface area contributed by atoms with Crippen molar-refractivity contribution in [1.29, 1.82) is 0 Å². The third kappa shape index (κ3) is 3.36. The zero-order chi connectivity index (χ0) is 17.1. The molecule has 0 unspecified atom stereocenters. The lowest BCUT2D eigenvalue weighted by Crippen LogP contribution is -2.42. The second-order valence-electron chi connectivity index (χ2n) is 6.55. The fourth-order valence-electron chi connectivity index (χ4n) is 3.56. The number of aromatic nitrogens is 2. The molecule has 1 saturated heterocycles. The van der Waals surface area contributed by atoms with E-state index in [0.717, 1.165) is 25.2 Å². The lowest BCUT2D eigenvalue weighted by molar-refractivity contribution is 0.0683. The molecule has 1 fully saturated rings. The molecule has 0 saturated carbocycles. The van der Waals surface area contributed by atoms with Gasteiger partial charge in [0.1, 0.15) is 5.69 Å². The molecule has 5 nitrogen and oxygen atoms in total. The molecule has 1 aliphatic heterocycles. The second-order valence-corrected chi connectivity index (χ2v) is 6.55. The number of likely N-dealkylation sites (tertiary alicyclic amines) is 1. The molecule has 128 valence electrons. The molecule has 0 radical (unpaired) electrons. The van der Waals surface area contributed by atoms with Gasteiger partial charge in [0.2, 0.25) is 0 Å². The van der Waals surface area contributed by atoms with E-state index in [1.54, 1.807) is 0 Å². The fraction of sp³-hybridized carbons (Fsp3) is 0.474. The molecular weight excluding hydrogens is 300 g/mol. The summed E-state index contributed by atoms with van der Waals surface area (Å²) >= 11 is 0. The molecule has 2 aromatic rings. The van der Waals surface area contributed by atoms with E-state index >= 15 is 0 Å². The molecule has 0 bridgehead atoms. The van der Waals surface area contributed by atoms with Crippen LogP contribution in [0.25, 0.3) is 0 Å². The first-order valence-corrected chi connectivity index (χ1v) is 8.72. The molecule has 1 N–H and O–H groups in total. The van der Waals surface area contributed by atoms with Gasteiger partial charge < -0.3 is 4.90 Å². The minimum absolute atomic E-state index is 0.0288. The average Bonchev–Trinajstić information content (AvgIpc) is 3.25. The van der Waals surface area contributed by atoms with Gasteiger partial charge in [-0.05, 0) is 38.8 Å². The number of benzene rings is 1. The van der Waals surface area contributed by atoms with E-state index in [2.05, 4.69) is 46.3 Å². The summed E-state index contributed by atoms with van der Waals surface area (Å²) in [4.78, 5) is 17.2. The SMILES string of the molecule is CCN(C(=O)c1cc(C)[nH]n1)[C@@H]1CCN([C@H](C)c2ccccc2)C1. The van der Waals surface area contributed by atoms with Gasteiger partial charge in [0.05, 0.1) is 0 Å². The summed E-state index contributed by atoms with van der Waals surface area (Å²) in [5.41, 5.74) is 2.76. The highest BCUT2D eigenvalue weighted by Gasteiger charge is 2.33. The lowest BCUT2D eigenvalue weighted by atomic mass is 10.1. The number of hydrogen-bond donors (Lipinski definition) is 1. The van der Waals surface area contributed by atoms with Crippen molar-refractivity contribution in [1.82, 2.24) is 20.0 Å². The monoisotopic (exact) mass is 326 g/mol. The Labute approximate surface area is 143 Å². The number of aromatic amines is 1. The third-order valence-electron chi connectivity index (χ3n) is 4.99. The number of H-pyrrole nitrogens is 1. The molecule has 5 heteroatoms. The van der Waals surface area contributed by atoms with Crippen molar-refractivity contribution >= 4 is 5.91 Å². The van der Waals surface area contributed by atoms with Gasteiger partial charge in [-0.15, -0.1) is 0 Å². The van der Waals surface area contributed by atoms with Gasteiger partial charge in [-0.1, -0.05) is 30.3 Å². The molecule has 0 spiro atoms. The highest BCUT2D eigenvalue weighted by Crippen LogP contribution is 2.27. The first kappa shape index (κ1) is 16.7. The summed E-state index contributed by atoms with van der Waals surface area (Å²) in [5, 5.41) is 6.99. The summed E-state index contributed by atoms with van der Waals surface area (Å²) < 4.78 is 0. The van der Waals surface area contributed by atoms with Crippen molar-refractivity contribution in [2.45, 2.75) is 39.3 Å². The molecule has 1 aromatic heterocycles. The number of carbonyl (C=O) groups is 1. The van der Waals surface area contributed by atoms with Crippen LogP contribution in [0.5, 0.6) is 0 Å². The minimum Gasteiger partial charge on any atom is -0.333 e. The molecule has 1 aromatic carbocycles. The predicted octanol–water partition coefficient (Wildman–Crippen LogP) is 3.02. The summed E-state index contributed by atoms with van der Waals surface area (Å²) in [6, 6.07) is 13.0. The van der Waals surface area contributed by atoms with Gasteiger partial charge in [0.15, 0.2) is 0 Å². The zero-order valence-electron chi connectivity index (χ0n) is 14.7. The van der Waals surface area contributed by atoms with Crippen LogP contribution in [-0.2, 0) is 0 Å². The van der Waals surface area contributed by atoms with Crippen LogP contribution >= 0.6 is 0 Å². The Balaban J connectivity index is 1.68. The number of likely N-dealkylation sites (N-methyl/N-ethyl adjacent to an activating group) is 1. The molecule has 3 rings (SSSR count). The van der Waals surface area contributed by atoms with E-state index in [1.165, 1.54) is 5.56 Å². The van der Waals surface area contributed by atoms with Crippen molar-refractivity contribution < 1.29 is 4.79 Å². The van der Waals surface area contributed by atoms with E-state index in [9.17, 15) is 4.79 Å². The lowest BCUT2D eigenvalue weighted by Gasteiger charge is -2.29. The van der Waals surface area contributed by atoms with Gasteiger partial charge in [-0.2, -0.15) is 5.10 Å². The summed E-state index contributed by atoms with van der Waals surface area (Å²) in [6.45, 7) is 8.85. The van der Waals surface area contributed by atoms with Crippen LogP contribution < -0.4 is 0 Å². The van der Waals surface area contributed by atoms with Crippen molar-refractivity contribution in [3.8, 4) is 0 Å². The van der Waals surface area contributed by atoms with E-state index < -0.39 is 0 Å². The standard InChI is InChI=1S/C19H26N4O/c1-4-23(19(24)18-12-14(2)20-21-18)17-10-11-22(13-17)15(3)16-8-6-5-7-9-16/h5-9,12,15,17H,4,10-11,13H2,1-3H3,(H,20,21)/t15-,17-/m1/s1. The van der Waals surface area contributed by atoms with E-state index in [4.69, 9.17) is 0 Å². The smallest absolute Gasteiger partial charge is 0.274 e. The summed E-state index contributed by atoms with van der Waals surface area (Å²) in [7, 11) is 0. The minimum atomic E-state index is 0.0288. The maximum atomic E-state index is 12.7. The molecule has 1 aliphatic rings. The predicted molar refractivity (Wildman–Crippen MR) is 94.9 cm³/mol. The maximum absolute atomic E-state index is 12.7. The second kappa shape index (κ2) is 7.18. The number of carbonyl (C=O) groups excluding carboxylic acids is 1. The van der Waals surface area contributed by atoms with Crippen LogP contribution in [0, 0.1) is 6.92 Å². The summed E-state index contributed by atoms with van der Waals surface area (Å²) in [5.74, 6) is 0.0288. The Morgan fingerprint density at radius 1 is 1.42 bits per heavy atom. The van der Waals surface area contributed by atoms with E-state index in [0.29, 0.717) is 18.3 Å². The largest absolute Gasteiger partial charge is 0.333 e. The molecule has 2 atom stereocenters. The molecular formula is C19H26N4O. The number of aryl methyl sites for hydroxylation is 1. The molecule has 0 aliphatic carbocycles. The van der Waals surface area contributed by atoms with Gasteiger partial charge >= 0.3 is 0 Å². The average molecular weight is 326 g/mol. The maximum Gasteiger partial charge on any atom is 0.274 e. The van der Waals surface area contributed by atoms with Crippen LogP contribution in [0.3, 0.4) is 0 Å². The number of nitrogens with zero attached hydrogens (tertiary/aromatic N) is 3. The Morgan fingerprint density at radius 2 is 2.17 bits per heavy atom. The van der Waals surface area contributed by atoms with Gasteiger partial charge in [0.25, 0.3) is 5.91 Å². The van der Waals surface area contributed by atoms with Gasteiger partial charge in [0, 0.05) is 37.4 Å². The highest BCUT2D eigenvalue weighted by molar-refractivity contribution is 5.92. The third-order valence-corrected chi connectivity index (χ3v) is 4.99. The normalized spacial score (nSPS) is 19.4. The van der Waals surface area contributed by atoms with Crippen molar-refractivity contribution in [2.24, 2.45) is 0 Å². The Kier molecular flexibility index (Phi) is 5.00. The van der Waals surface area contributed by atoms with Gasteiger partial charge in [-0.25, -0.2) is 0 Å². The topological polar surface area (TPSA) is 52.2 Å². The number of nitrogens with one attached hydrogen (secondary N) is 1. The number of rotatable bonds is 5. The summed E-state index contributed by atoms with van der Waals surface area (Å²) in [6.07, 6.45) is 1.01. The fourth-order valence-corrected chi connectivity index (χ4v) is 3.56. The van der Waals surface area contributed by atoms with Gasteiger partial charge in [-0.3, -0.25) is 14.8 Å². The highest BCUT2D eigenvalue weighted by atomic mass is 16.2. The molecule has 1 amide bonds. The Hall–Kier alpha value is -2.14. The van der Waals surface area contributed by atoms with Crippen LogP contribution in [0.15, 0.2) is 36.4 Å². The number of amides is 1. The zero-order valence-corrected chi connectivity index (χ0v) is 14.7. The molecule has 24 heavy (non-hydrogen) atoms. The van der Waals surface area contributed by atoms with E-state index in [1.807, 2.05) is 30.9 Å². The Bertz CT molecular complexity index is 682. The van der Waals surface area contributed by atoms with Crippen LogP contribution in [0.4, 0.5) is 0 Å². The Morgan fingerprint density at radius 3 is 2.79 bits per heavy atom. The first-order chi connectivity index (χ1) is 11.6. The van der Waals surface area contributed by atoms with Crippen molar-refractivity contribution in [2.75, 3.05) is 19.6 Å². The van der Waals surface area contributed by atoms with Crippen molar-refractivity contribution in [3.63, 3.8) is 0 Å². The quantitative estimate of drug-likeness (QED) is 0.919. The van der Waals surface area contributed by atoms with E-state index in [-0.39, 0.29) is 11.9 Å². The van der Waals surface area contributed by atoms with Crippen LogP contribution in [-0.4, -0.2) is 51.6 Å². The molecule has 2 heterocycles.